The molecule has 0 amide bonds. The van der Waals surface area contributed by atoms with Crippen molar-refractivity contribution in [3.05, 3.63) is 22.9 Å². The van der Waals surface area contributed by atoms with Crippen LogP contribution in [0.1, 0.15) is 0 Å². The van der Waals surface area contributed by atoms with Crippen LogP contribution in [0.5, 0.6) is 0 Å². The molecule has 0 fully saturated rings. The Morgan fingerprint density at radius 2 is 2.36 bits per heavy atom. The fourth-order valence-corrected chi connectivity index (χ4v) is 0.754. The fourth-order valence-electron chi connectivity index (χ4n) is 0.572. The van der Waals surface area contributed by atoms with E-state index in [1.54, 1.807) is 0 Å². The van der Waals surface area contributed by atoms with Crippen LogP contribution >= 0.6 is 11.6 Å². The third-order valence-electron chi connectivity index (χ3n) is 0.945. The van der Waals surface area contributed by atoms with Crippen LogP contribution in [-0.4, -0.2) is 17.0 Å². The quantitative estimate of drug-likeness (QED) is 0.468. The summed E-state index contributed by atoms with van der Waals surface area (Å²) < 4.78 is 4.40. The number of cyclic esters (lactones) is 1. The fraction of sp³-hybridized carbons (Fsp3) is 0. The molecule has 1 heterocycles. The maximum Gasteiger partial charge on any atom is 0.337 e. The van der Waals surface area contributed by atoms with Crippen molar-refractivity contribution in [2.24, 2.45) is 0 Å². The lowest BCUT2D eigenvalue weighted by molar-refractivity contribution is -0.132. The Morgan fingerprint density at radius 3 is 2.73 bits per heavy atom. The van der Waals surface area contributed by atoms with Crippen molar-refractivity contribution in [2.75, 3.05) is 0 Å². The number of carbonyl (C=O) groups is 2. The number of allylic oxidation sites excluding steroid dienone is 1. The highest BCUT2D eigenvalue weighted by atomic mass is 35.5. The molecule has 0 aromatic heterocycles. The lowest BCUT2D eigenvalue weighted by Crippen LogP contribution is -1.95. The lowest BCUT2D eigenvalue weighted by Gasteiger charge is -1.93. The van der Waals surface area contributed by atoms with E-state index in [1.807, 2.05) is 0 Å². The van der Waals surface area contributed by atoms with E-state index in [2.05, 4.69) is 4.74 Å². The van der Waals surface area contributed by atoms with Gasteiger partial charge in [-0.05, 0) is 0 Å². The molecule has 5 heteroatoms. The number of aliphatic carboxylic acids is 1. The smallest absolute Gasteiger partial charge is 0.337 e. The van der Waals surface area contributed by atoms with Gasteiger partial charge in [-0.25, -0.2) is 9.59 Å². The molecule has 0 spiro atoms. The second-order valence-electron chi connectivity index (χ2n) is 1.76. The molecule has 0 bridgehead atoms. The number of rotatable bonds is 1. The van der Waals surface area contributed by atoms with Gasteiger partial charge >= 0.3 is 11.9 Å². The zero-order chi connectivity index (χ0) is 8.43. The summed E-state index contributed by atoms with van der Waals surface area (Å²) in [6.45, 7) is 0. The summed E-state index contributed by atoms with van der Waals surface area (Å²) in [7, 11) is 0. The number of hydrogen-bond acceptors (Lipinski definition) is 3. The van der Waals surface area contributed by atoms with E-state index in [4.69, 9.17) is 16.7 Å². The Kier molecular flexibility index (Phi) is 1.96. The minimum Gasteiger partial charge on any atom is -0.478 e. The highest BCUT2D eigenvalue weighted by Gasteiger charge is 2.18. The van der Waals surface area contributed by atoms with Gasteiger partial charge < -0.3 is 9.84 Å². The second-order valence-corrected chi connectivity index (χ2v) is 2.17. The van der Waals surface area contributed by atoms with Crippen LogP contribution in [0.2, 0.25) is 0 Å². The Balaban J connectivity index is 2.87. The van der Waals surface area contributed by atoms with Crippen LogP contribution in [0.3, 0.4) is 0 Å². The summed E-state index contributed by atoms with van der Waals surface area (Å²) in [5.74, 6) is -1.98. The first-order valence-corrected chi connectivity index (χ1v) is 3.01. The van der Waals surface area contributed by atoms with Gasteiger partial charge in [0.2, 0.25) is 0 Å². The summed E-state index contributed by atoms with van der Waals surface area (Å²) in [4.78, 5) is 20.5. The van der Waals surface area contributed by atoms with Crippen molar-refractivity contribution in [1.29, 1.82) is 0 Å². The first-order valence-electron chi connectivity index (χ1n) is 2.63. The average Bonchev–Trinajstić information content (AvgIpc) is 2.09. The molecule has 4 nitrogen and oxygen atoms in total. The van der Waals surface area contributed by atoms with Crippen LogP contribution in [0.15, 0.2) is 22.9 Å². The van der Waals surface area contributed by atoms with E-state index in [0.29, 0.717) is 0 Å². The van der Waals surface area contributed by atoms with Crippen molar-refractivity contribution in [2.45, 2.75) is 0 Å². The van der Waals surface area contributed by atoms with Crippen molar-refractivity contribution in [3.8, 4) is 0 Å². The van der Waals surface area contributed by atoms with E-state index in [0.717, 1.165) is 12.2 Å². The van der Waals surface area contributed by atoms with Crippen LogP contribution in [0.4, 0.5) is 0 Å². The highest BCUT2D eigenvalue weighted by molar-refractivity contribution is 6.34. The molecule has 1 aliphatic heterocycles. The number of hydrogen-bond donors (Lipinski definition) is 1. The van der Waals surface area contributed by atoms with Gasteiger partial charge in [0.05, 0.1) is 11.1 Å². The van der Waals surface area contributed by atoms with Gasteiger partial charge in [0.25, 0.3) is 0 Å². The van der Waals surface area contributed by atoms with Crippen molar-refractivity contribution >= 4 is 23.5 Å². The van der Waals surface area contributed by atoms with Crippen LogP contribution in [0, 0.1) is 0 Å². The monoisotopic (exact) mass is 174 g/mol. The van der Waals surface area contributed by atoms with E-state index in [9.17, 15) is 9.59 Å². The first-order chi connectivity index (χ1) is 5.09. The van der Waals surface area contributed by atoms with Crippen molar-refractivity contribution in [1.82, 2.24) is 0 Å². The summed E-state index contributed by atoms with van der Waals surface area (Å²) >= 11 is 5.40. The molecular formula is C6H3ClO4. The van der Waals surface area contributed by atoms with Crippen molar-refractivity contribution < 1.29 is 19.4 Å². The molecular weight excluding hydrogens is 172 g/mol. The van der Waals surface area contributed by atoms with Gasteiger partial charge in [-0.2, -0.15) is 0 Å². The van der Waals surface area contributed by atoms with E-state index in [1.165, 1.54) is 0 Å². The van der Waals surface area contributed by atoms with Crippen molar-refractivity contribution in [3.63, 3.8) is 0 Å². The predicted molar refractivity (Wildman–Crippen MR) is 35.7 cm³/mol. The maximum atomic E-state index is 10.4. The highest BCUT2D eigenvalue weighted by Crippen LogP contribution is 2.22. The second kappa shape index (κ2) is 2.75. The van der Waals surface area contributed by atoms with Gasteiger partial charge in [-0.15, -0.1) is 0 Å². The number of halogens is 1. The summed E-state index contributed by atoms with van der Waals surface area (Å²) in [5.41, 5.74) is 0. The molecule has 0 aromatic carbocycles. The molecule has 0 aromatic rings. The SMILES string of the molecule is O=C(O)/C=C1/OC(=O)C=C1Cl. The van der Waals surface area contributed by atoms with Gasteiger partial charge in [-0.3, -0.25) is 0 Å². The molecule has 1 rings (SSSR count). The van der Waals surface area contributed by atoms with Gasteiger partial charge in [0.1, 0.15) is 0 Å². The maximum absolute atomic E-state index is 10.4. The minimum atomic E-state index is -1.21. The summed E-state index contributed by atoms with van der Waals surface area (Å²) in [5, 5.41) is 8.24. The zero-order valence-corrected chi connectivity index (χ0v) is 5.96. The molecule has 1 N–H and O–H groups in total. The summed E-state index contributed by atoms with van der Waals surface area (Å²) in [6, 6.07) is 0. The number of carbonyl (C=O) groups excluding carboxylic acids is 1. The largest absolute Gasteiger partial charge is 0.478 e. The average molecular weight is 175 g/mol. The van der Waals surface area contributed by atoms with E-state index >= 15 is 0 Å². The molecule has 0 radical (unpaired) electrons. The standard InChI is InChI=1S/C6H3ClO4/c7-3-1-6(10)11-4(3)2-5(8)9/h1-2H,(H,8,9)/b4-2+. The van der Waals surface area contributed by atoms with E-state index < -0.39 is 11.9 Å². The molecule has 11 heavy (non-hydrogen) atoms. The molecule has 0 saturated carbocycles. The molecule has 0 atom stereocenters. The Bertz CT molecular complexity index is 276. The third-order valence-corrected chi connectivity index (χ3v) is 1.24. The zero-order valence-electron chi connectivity index (χ0n) is 5.20. The van der Waals surface area contributed by atoms with Crippen LogP contribution in [0.25, 0.3) is 0 Å². The Labute approximate surface area is 66.7 Å². The van der Waals surface area contributed by atoms with Gasteiger partial charge in [0, 0.05) is 6.08 Å². The Hall–Kier alpha value is -1.29. The molecule has 1 aliphatic rings. The molecule has 0 aliphatic carbocycles. The number of carboxylic acids is 1. The normalized spacial score (nSPS) is 19.9. The van der Waals surface area contributed by atoms with Crippen LogP contribution in [-0.2, 0) is 14.3 Å². The lowest BCUT2D eigenvalue weighted by atomic mass is 10.4. The predicted octanol–water partition coefficient (Wildman–Crippen LogP) is 0.634. The number of esters is 1. The molecule has 0 saturated heterocycles. The number of ether oxygens (including phenoxy) is 1. The van der Waals surface area contributed by atoms with E-state index in [-0.39, 0.29) is 10.8 Å². The minimum absolute atomic E-state index is 0.0115. The molecule has 58 valence electrons. The van der Waals surface area contributed by atoms with Crippen LogP contribution < -0.4 is 0 Å². The Morgan fingerprint density at radius 1 is 1.73 bits per heavy atom. The molecule has 0 unspecified atom stereocenters. The topological polar surface area (TPSA) is 63.6 Å². The van der Waals surface area contributed by atoms with Gasteiger partial charge in [-0.1, -0.05) is 11.6 Å². The number of carboxylic acid groups (broad SMARTS) is 1. The third kappa shape index (κ3) is 1.81. The summed E-state index contributed by atoms with van der Waals surface area (Å²) in [6.07, 6.45) is 1.74. The van der Waals surface area contributed by atoms with Gasteiger partial charge in [0.15, 0.2) is 5.76 Å². The first kappa shape index (κ1) is 7.81.